The summed E-state index contributed by atoms with van der Waals surface area (Å²) in [6.07, 6.45) is 0. The highest BCUT2D eigenvalue weighted by atomic mass is 35.8. The number of benzene rings is 1. The van der Waals surface area contributed by atoms with Crippen LogP contribution in [0.1, 0.15) is 13.8 Å². The number of hydrogen-bond acceptors (Lipinski definition) is 2. The van der Waals surface area contributed by atoms with Gasteiger partial charge in [-0.05, 0) is 17.3 Å². The van der Waals surface area contributed by atoms with Crippen molar-refractivity contribution in [1.82, 2.24) is 0 Å². The molecule has 108 valence electrons. The van der Waals surface area contributed by atoms with Crippen LogP contribution < -0.4 is 9.16 Å². The Balaban J connectivity index is 3.05. The quantitative estimate of drug-likeness (QED) is 0.394. The fourth-order valence-corrected chi connectivity index (χ4v) is 6.77. The number of anilines is 1. The van der Waals surface area contributed by atoms with Crippen molar-refractivity contribution in [3.05, 3.63) is 24.3 Å². The number of nitrogens with zero attached hydrogens (tertiary/aromatic N) is 1. The average molecular weight is 373 g/mol. The van der Waals surface area contributed by atoms with Crippen molar-refractivity contribution >= 4 is 70.3 Å². The molecular formula is C12H20Cl3NSSi2. The summed E-state index contributed by atoms with van der Waals surface area (Å²) in [5, 5.41) is 1.39. The van der Waals surface area contributed by atoms with Gasteiger partial charge in [-0.15, -0.1) is 33.2 Å². The molecule has 0 aliphatic carbocycles. The third-order valence-corrected chi connectivity index (χ3v) is 9.59. The van der Waals surface area contributed by atoms with Gasteiger partial charge in [0.05, 0.1) is 0 Å². The summed E-state index contributed by atoms with van der Waals surface area (Å²) in [4.78, 5) is 0. The van der Waals surface area contributed by atoms with Crippen LogP contribution in [0, 0.1) is 0 Å². The predicted molar refractivity (Wildman–Crippen MR) is 97.9 cm³/mol. The Morgan fingerprint density at radius 3 is 1.79 bits per heavy atom. The minimum atomic E-state index is -2.77. The fourth-order valence-electron chi connectivity index (χ4n) is 1.60. The van der Waals surface area contributed by atoms with E-state index in [1.165, 1.54) is 5.69 Å². The Hall–Kier alpha value is 0.674. The summed E-state index contributed by atoms with van der Waals surface area (Å²) in [6.45, 7) is 11.4. The first kappa shape index (κ1) is 17.7. The SMILES string of the molecule is CC(C)SN(c1ccc([Si](Cl)(Cl)Cl)cc1)[Si](C)(C)C. The maximum absolute atomic E-state index is 6.02. The van der Waals surface area contributed by atoms with Gasteiger partial charge in [0, 0.05) is 10.9 Å². The lowest BCUT2D eigenvalue weighted by Crippen LogP contribution is -2.42. The van der Waals surface area contributed by atoms with E-state index in [0.29, 0.717) is 5.25 Å². The van der Waals surface area contributed by atoms with Gasteiger partial charge in [-0.3, -0.25) is 0 Å². The lowest BCUT2D eigenvalue weighted by atomic mass is 10.3. The van der Waals surface area contributed by atoms with Gasteiger partial charge in [-0.25, -0.2) is 0 Å². The molecule has 7 heteroatoms. The lowest BCUT2D eigenvalue weighted by Gasteiger charge is -2.36. The molecule has 0 aliphatic heterocycles. The zero-order chi connectivity index (χ0) is 14.8. The largest absolute Gasteiger partial charge is 0.372 e. The summed E-state index contributed by atoms with van der Waals surface area (Å²) in [5.41, 5.74) is 1.20. The monoisotopic (exact) mass is 371 g/mol. The van der Waals surface area contributed by atoms with Crippen LogP contribution in [-0.2, 0) is 0 Å². The minimum Gasteiger partial charge on any atom is -0.344 e. The third-order valence-electron chi connectivity index (χ3n) is 2.35. The van der Waals surface area contributed by atoms with Crippen molar-refractivity contribution < 1.29 is 0 Å². The molecule has 0 saturated carbocycles. The van der Waals surface area contributed by atoms with Crippen molar-refractivity contribution in [1.29, 1.82) is 0 Å². The molecule has 1 aromatic carbocycles. The van der Waals surface area contributed by atoms with E-state index in [1.54, 1.807) is 0 Å². The molecule has 0 spiro atoms. The molecule has 0 fully saturated rings. The van der Waals surface area contributed by atoms with E-state index in [2.05, 4.69) is 49.6 Å². The highest BCUT2D eigenvalue weighted by molar-refractivity contribution is 8.02. The van der Waals surface area contributed by atoms with Crippen molar-refractivity contribution in [3.63, 3.8) is 0 Å². The molecule has 0 atom stereocenters. The molecule has 0 bridgehead atoms. The first-order valence-electron chi connectivity index (χ1n) is 6.16. The molecular weight excluding hydrogens is 353 g/mol. The zero-order valence-corrected chi connectivity index (χ0v) is 17.0. The van der Waals surface area contributed by atoms with Gasteiger partial charge < -0.3 is 3.97 Å². The number of halogens is 3. The maximum Gasteiger partial charge on any atom is 0.372 e. The molecule has 0 radical (unpaired) electrons. The molecule has 0 unspecified atom stereocenters. The van der Waals surface area contributed by atoms with Crippen LogP contribution in [0.15, 0.2) is 24.3 Å². The van der Waals surface area contributed by atoms with E-state index in [4.69, 9.17) is 33.2 Å². The average Bonchev–Trinajstić information content (AvgIpc) is 2.23. The third kappa shape index (κ3) is 5.52. The van der Waals surface area contributed by atoms with Gasteiger partial charge in [-0.1, -0.05) is 57.6 Å². The molecule has 0 N–H and O–H groups in total. The van der Waals surface area contributed by atoms with Gasteiger partial charge in [0.25, 0.3) is 0 Å². The van der Waals surface area contributed by atoms with Gasteiger partial charge in [0.2, 0.25) is 0 Å². The Morgan fingerprint density at radius 2 is 1.47 bits per heavy atom. The van der Waals surface area contributed by atoms with E-state index >= 15 is 0 Å². The summed E-state index contributed by atoms with van der Waals surface area (Å²) in [7, 11) is -1.44. The second kappa shape index (κ2) is 6.62. The molecule has 1 nitrogen and oxygen atoms in total. The molecule has 0 aliphatic rings. The Labute approximate surface area is 137 Å². The van der Waals surface area contributed by atoms with Crippen LogP contribution in [0.5, 0.6) is 0 Å². The van der Waals surface area contributed by atoms with E-state index in [-0.39, 0.29) is 0 Å². The Kier molecular flexibility index (Phi) is 6.18. The predicted octanol–water partition coefficient (Wildman–Crippen LogP) is 5.25. The van der Waals surface area contributed by atoms with Crippen LogP contribution in [0.25, 0.3) is 0 Å². The topological polar surface area (TPSA) is 3.24 Å². The minimum absolute atomic E-state index is 0.550. The van der Waals surface area contributed by atoms with E-state index in [0.717, 1.165) is 5.19 Å². The molecule has 0 aromatic heterocycles. The normalized spacial score (nSPS) is 12.9. The van der Waals surface area contributed by atoms with E-state index in [9.17, 15) is 0 Å². The van der Waals surface area contributed by atoms with Crippen LogP contribution in [0.4, 0.5) is 5.69 Å². The van der Waals surface area contributed by atoms with Gasteiger partial charge in [-0.2, -0.15) is 0 Å². The highest BCUT2D eigenvalue weighted by Crippen LogP contribution is 2.31. The van der Waals surface area contributed by atoms with Crippen molar-refractivity contribution in [2.75, 3.05) is 3.97 Å². The second-order valence-corrected chi connectivity index (χ2v) is 20.7. The van der Waals surface area contributed by atoms with Crippen LogP contribution in [-0.4, -0.2) is 19.5 Å². The first-order valence-corrected chi connectivity index (χ1v) is 15.5. The maximum atomic E-state index is 6.02. The summed E-state index contributed by atoms with van der Waals surface area (Å²) < 4.78 is 2.45. The summed E-state index contributed by atoms with van der Waals surface area (Å²) in [6, 6.07) is 5.26. The molecule has 1 rings (SSSR count). The Morgan fingerprint density at radius 1 is 1.00 bits per heavy atom. The van der Waals surface area contributed by atoms with Crippen molar-refractivity contribution in [2.24, 2.45) is 0 Å². The molecule has 19 heavy (non-hydrogen) atoms. The van der Waals surface area contributed by atoms with Gasteiger partial charge in [0.15, 0.2) is 8.24 Å². The first-order chi connectivity index (χ1) is 8.51. The number of hydrogen-bond donors (Lipinski definition) is 0. The van der Waals surface area contributed by atoms with Crippen molar-refractivity contribution in [2.45, 2.75) is 38.7 Å². The van der Waals surface area contributed by atoms with Gasteiger partial charge in [0.1, 0.15) is 0 Å². The standard InChI is InChI=1S/C12H20Cl3NSSi2/c1-10(2)17-16(18(3,4)5)11-6-8-12(9-7-11)19(13,14)15/h6-10H,1-5H3. The lowest BCUT2D eigenvalue weighted by molar-refractivity contribution is 1.11. The number of rotatable bonds is 5. The molecule has 1 aromatic rings. The summed E-state index contributed by atoms with van der Waals surface area (Å²) >= 11 is 20.0. The van der Waals surface area contributed by atoms with E-state index in [1.807, 2.05) is 24.1 Å². The molecule has 0 saturated heterocycles. The smallest absolute Gasteiger partial charge is 0.344 e. The van der Waals surface area contributed by atoms with Crippen LogP contribution in [0.3, 0.4) is 0 Å². The highest BCUT2D eigenvalue weighted by Gasteiger charge is 2.29. The fraction of sp³-hybridized carbons (Fsp3) is 0.500. The second-order valence-electron chi connectivity index (χ2n) is 5.66. The van der Waals surface area contributed by atoms with Crippen LogP contribution in [0.2, 0.25) is 19.6 Å². The molecule has 0 heterocycles. The summed E-state index contributed by atoms with van der Waals surface area (Å²) in [5.74, 6) is 0. The van der Waals surface area contributed by atoms with Gasteiger partial charge >= 0.3 is 6.00 Å². The van der Waals surface area contributed by atoms with Crippen LogP contribution >= 0.6 is 45.2 Å². The van der Waals surface area contributed by atoms with E-state index < -0.39 is 14.2 Å². The van der Waals surface area contributed by atoms with Crippen molar-refractivity contribution in [3.8, 4) is 0 Å². The zero-order valence-electron chi connectivity index (χ0n) is 11.9. The Bertz CT molecular complexity index is 412. The molecule has 0 amide bonds.